The van der Waals surface area contributed by atoms with Crippen LogP contribution in [0.25, 0.3) is 0 Å². The van der Waals surface area contributed by atoms with E-state index < -0.39 is 0 Å². The minimum atomic E-state index is -0.0267. The summed E-state index contributed by atoms with van der Waals surface area (Å²) in [6.07, 6.45) is 1.95. The van der Waals surface area contributed by atoms with Crippen LogP contribution in [0.3, 0.4) is 0 Å². The van der Waals surface area contributed by atoms with E-state index in [1.807, 2.05) is 6.07 Å². The molecule has 96 valence electrons. The highest BCUT2D eigenvalue weighted by molar-refractivity contribution is 5.76. The quantitative estimate of drug-likeness (QED) is 0.687. The van der Waals surface area contributed by atoms with Crippen LogP contribution < -0.4 is 10.6 Å². The van der Waals surface area contributed by atoms with Gasteiger partial charge in [-0.15, -0.1) is 0 Å². The molecule has 1 rings (SSSR count). The Morgan fingerprint density at radius 2 is 2.33 bits per heavy atom. The molecule has 0 aliphatic rings. The van der Waals surface area contributed by atoms with Crippen molar-refractivity contribution >= 4 is 11.6 Å². The van der Waals surface area contributed by atoms with Crippen molar-refractivity contribution in [1.82, 2.24) is 10.3 Å². The maximum absolute atomic E-state index is 11.3. The number of hydrogen-bond acceptors (Lipinski definition) is 5. The third-order valence-corrected chi connectivity index (χ3v) is 2.19. The predicted molar refractivity (Wildman–Crippen MR) is 66.9 cm³/mol. The normalized spacial score (nSPS) is 9.56. The predicted octanol–water partition coefficient (Wildman–Crippen LogP) is 0.518. The van der Waals surface area contributed by atoms with Gasteiger partial charge in [0, 0.05) is 26.6 Å². The summed E-state index contributed by atoms with van der Waals surface area (Å²) < 4.78 is 4.82. The maximum atomic E-state index is 11.3. The highest BCUT2D eigenvalue weighted by Gasteiger charge is 2.00. The van der Waals surface area contributed by atoms with Crippen LogP contribution in [0.1, 0.15) is 12.1 Å². The maximum Gasteiger partial charge on any atom is 0.221 e. The fourth-order valence-electron chi connectivity index (χ4n) is 1.27. The molecule has 2 N–H and O–H groups in total. The molecule has 0 saturated heterocycles. The zero-order chi connectivity index (χ0) is 13.2. The lowest BCUT2D eigenvalue weighted by Crippen LogP contribution is -2.28. The van der Waals surface area contributed by atoms with Crippen LogP contribution in [0.4, 0.5) is 5.69 Å². The number of nitriles is 1. The third-order valence-electron chi connectivity index (χ3n) is 2.19. The summed E-state index contributed by atoms with van der Waals surface area (Å²) in [4.78, 5) is 15.3. The molecule has 0 atom stereocenters. The molecule has 0 spiro atoms. The number of methoxy groups -OCH3 is 1. The largest absolute Gasteiger partial charge is 0.383 e. The molecule has 6 nitrogen and oxygen atoms in total. The first-order valence-electron chi connectivity index (χ1n) is 5.62. The standard InChI is InChI=1S/C12H16N4O2/c1-18-7-6-15-12(17)4-5-14-11-3-2-10(8-13)16-9-11/h2-3,9,14H,4-7H2,1H3,(H,15,17). The van der Waals surface area contributed by atoms with Gasteiger partial charge >= 0.3 is 0 Å². The van der Waals surface area contributed by atoms with Crippen molar-refractivity contribution in [2.75, 3.05) is 32.1 Å². The van der Waals surface area contributed by atoms with Crippen molar-refractivity contribution in [1.29, 1.82) is 5.26 Å². The van der Waals surface area contributed by atoms with Crippen molar-refractivity contribution < 1.29 is 9.53 Å². The van der Waals surface area contributed by atoms with Gasteiger partial charge in [-0.2, -0.15) is 5.26 Å². The third kappa shape index (κ3) is 5.27. The van der Waals surface area contributed by atoms with Crippen molar-refractivity contribution in [3.8, 4) is 6.07 Å². The fraction of sp³-hybridized carbons (Fsp3) is 0.417. The molecule has 1 heterocycles. The number of carbonyl (C=O) groups is 1. The number of hydrogen-bond donors (Lipinski definition) is 2. The Morgan fingerprint density at radius 3 is 2.94 bits per heavy atom. The van der Waals surface area contributed by atoms with Crippen LogP contribution in [0.15, 0.2) is 18.3 Å². The van der Waals surface area contributed by atoms with Crippen molar-refractivity contribution in [3.63, 3.8) is 0 Å². The molecular weight excluding hydrogens is 232 g/mol. The molecular formula is C12H16N4O2. The summed E-state index contributed by atoms with van der Waals surface area (Å²) in [6.45, 7) is 1.55. The Labute approximate surface area is 106 Å². The zero-order valence-electron chi connectivity index (χ0n) is 10.3. The molecule has 0 radical (unpaired) electrons. The molecule has 0 fully saturated rings. The minimum Gasteiger partial charge on any atom is -0.383 e. The van der Waals surface area contributed by atoms with Crippen LogP contribution in [0, 0.1) is 11.3 Å². The average molecular weight is 248 g/mol. The Balaban J connectivity index is 2.20. The fourth-order valence-corrected chi connectivity index (χ4v) is 1.27. The lowest BCUT2D eigenvalue weighted by molar-refractivity contribution is -0.121. The van der Waals surface area contributed by atoms with Gasteiger partial charge in [0.1, 0.15) is 11.8 Å². The minimum absolute atomic E-state index is 0.0267. The summed E-state index contributed by atoms with van der Waals surface area (Å²) in [5, 5.41) is 14.4. The highest BCUT2D eigenvalue weighted by atomic mass is 16.5. The SMILES string of the molecule is COCCNC(=O)CCNc1ccc(C#N)nc1. The van der Waals surface area contributed by atoms with Crippen molar-refractivity contribution in [2.24, 2.45) is 0 Å². The second-order valence-corrected chi connectivity index (χ2v) is 3.56. The number of anilines is 1. The zero-order valence-corrected chi connectivity index (χ0v) is 10.3. The molecule has 0 bridgehead atoms. The summed E-state index contributed by atoms with van der Waals surface area (Å²) in [5.74, 6) is -0.0267. The van der Waals surface area contributed by atoms with Crippen molar-refractivity contribution in [3.05, 3.63) is 24.0 Å². The molecule has 0 aliphatic carbocycles. The molecule has 0 aromatic carbocycles. The number of nitrogens with zero attached hydrogens (tertiary/aromatic N) is 2. The van der Waals surface area contributed by atoms with E-state index in [1.54, 1.807) is 25.4 Å². The van der Waals surface area contributed by atoms with E-state index in [9.17, 15) is 4.79 Å². The van der Waals surface area contributed by atoms with Gasteiger partial charge in [-0.1, -0.05) is 0 Å². The highest BCUT2D eigenvalue weighted by Crippen LogP contribution is 2.05. The van der Waals surface area contributed by atoms with Gasteiger partial charge in [-0.3, -0.25) is 4.79 Å². The topological polar surface area (TPSA) is 87.0 Å². The van der Waals surface area contributed by atoms with E-state index in [2.05, 4.69) is 15.6 Å². The number of amides is 1. The molecule has 1 amide bonds. The summed E-state index contributed by atoms with van der Waals surface area (Å²) >= 11 is 0. The first-order valence-corrected chi connectivity index (χ1v) is 5.62. The number of nitrogens with one attached hydrogen (secondary N) is 2. The van der Waals surface area contributed by atoms with Gasteiger partial charge in [-0.25, -0.2) is 4.98 Å². The van der Waals surface area contributed by atoms with Crippen LogP contribution >= 0.6 is 0 Å². The lowest BCUT2D eigenvalue weighted by atomic mass is 10.3. The second-order valence-electron chi connectivity index (χ2n) is 3.56. The summed E-state index contributed by atoms with van der Waals surface area (Å²) in [6, 6.07) is 5.33. The molecule has 1 aromatic rings. The Kier molecular flexibility index (Phi) is 6.22. The number of carbonyl (C=O) groups excluding carboxylic acids is 1. The van der Waals surface area contributed by atoms with Gasteiger partial charge in [0.05, 0.1) is 18.5 Å². The monoisotopic (exact) mass is 248 g/mol. The Hall–Kier alpha value is -2.13. The molecule has 0 saturated carbocycles. The molecule has 0 aliphatic heterocycles. The van der Waals surface area contributed by atoms with Gasteiger partial charge in [-0.05, 0) is 12.1 Å². The number of ether oxygens (including phenoxy) is 1. The first kappa shape index (κ1) is 13.9. The van der Waals surface area contributed by atoms with Crippen molar-refractivity contribution in [2.45, 2.75) is 6.42 Å². The molecule has 6 heteroatoms. The van der Waals surface area contributed by atoms with Crippen LogP contribution in [-0.4, -0.2) is 37.7 Å². The average Bonchev–Trinajstić information content (AvgIpc) is 2.40. The van der Waals surface area contributed by atoms with Crippen LogP contribution in [-0.2, 0) is 9.53 Å². The summed E-state index contributed by atoms with van der Waals surface area (Å²) in [5.41, 5.74) is 1.16. The van der Waals surface area contributed by atoms with Gasteiger partial charge in [0.25, 0.3) is 0 Å². The van der Waals surface area contributed by atoms with Crippen LogP contribution in [0.5, 0.6) is 0 Å². The first-order chi connectivity index (χ1) is 8.76. The smallest absolute Gasteiger partial charge is 0.221 e. The number of rotatable bonds is 7. The molecule has 1 aromatic heterocycles. The van der Waals surface area contributed by atoms with E-state index in [-0.39, 0.29) is 5.91 Å². The number of aromatic nitrogens is 1. The lowest BCUT2D eigenvalue weighted by Gasteiger charge is -2.06. The van der Waals surface area contributed by atoms with Gasteiger partial charge in [0.15, 0.2) is 0 Å². The van der Waals surface area contributed by atoms with Gasteiger partial charge < -0.3 is 15.4 Å². The van der Waals surface area contributed by atoms with E-state index >= 15 is 0 Å². The molecule has 0 unspecified atom stereocenters. The van der Waals surface area contributed by atoms with Crippen LogP contribution in [0.2, 0.25) is 0 Å². The van der Waals surface area contributed by atoms with E-state index in [1.165, 1.54) is 0 Å². The van der Waals surface area contributed by atoms with E-state index in [0.29, 0.717) is 31.8 Å². The molecule has 18 heavy (non-hydrogen) atoms. The number of pyridine rings is 1. The Bertz CT molecular complexity index is 411. The second kappa shape index (κ2) is 8.03. The summed E-state index contributed by atoms with van der Waals surface area (Å²) in [7, 11) is 1.59. The van der Waals surface area contributed by atoms with E-state index in [4.69, 9.17) is 10.00 Å². The van der Waals surface area contributed by atoms with Gasteiger partial charge in [0.2, 0.25) is 5.91 Å². The van der Waals surface area contributed by atoms with E-state index in [0.717, 1.165) is 5.69 Å². The Morgan fingerprint density at radius 1 is 1.50 bits per heavy atom.